The van der Waals surface area contributed by atoms with Crippen molar-refractivity contribution in [2.24, 2.45) is 11.7 Å². The van der Waals surface area contributed by atoms with Crippen molar-refractivity contribution in [2.75, 3.05) is 0 Å². The molecular formula is C13H17Cl2N. The first-order chi connectivity index (χ1) is 7.66. The maximum absolute atomic E-state index is 6.29. The molecular weight excluding hydrogens is 241 g/mol. The number of rotatable bonds is 2. The topological polar surface area (TPSA) is 26.0 Å². The molecule has 1 unspecified atom stereocenters. The van der Waals surface area contributed by atoms with Crippen molar-refractivity contribution in [2.45, 2.75) is 38.1 Å². The average molecular weight is 258 g/mol. The number of benzene rings is 1. The van der Waals surface area contributed by atoms with Crippen LogP contribution in [0.5, 0.6) is 0 Å². The normalized spacial score (nSPS) is 19.7. The summed E-state index contributed by atoms with van der Waals surface area (Å²) in [5, 5.41) is 1.35. The molecule has 1 fully saturated rings. The molecule has 88 valence electrons. The lowest BCUT2D eigenvalue weighted by molar-refractivity contribution is 0.308. The van der Waals surface area contributed by atoms with E-state index in [1.807, 2.05) is 12.1 Å². The Morgan fingerprint density at radius 3 is 2.12 bits per heavy atom. The molecule has 1 aromatic carbocycles. The van der Waals surface area contributed by atoms with E-state index in [0.717, 1.165) is 5.56 Å². The molecule has 0 spiro atoms. The number of hydrogen-bond donors (Lipinski definition) is 1. The molecule has 0 saturated heterocycles. The van der Waals surface area contributed by atoms with Crippen molar-refractivity contribution in [1.29, 1.82) is 0 Å². The molecule has 0 heterocycles. The van der Waals surface area contributed by atoms with E-state index in [2.05, 4.69) is 0 Å². The minimum Gasteiger partial charge on any atom is -0.324 e. The number of nitrogens with two attached hydrogens (primary N) is 1. The summed E-state index contributed by atoms with van der Waals surface area (Å²) in [4.78, 5) is 0. The lowest BCUT2D eigenvalue weighted by atomic mass is 9.81. The standard InChI is InChI=1S/C13H17Cl2N/c14-11-6-10(7-12(15)8-11)13(16)9-4-2-1-3-5-9/h6-9,13H,1-5,16H2. The molecule has 2 N–H and O–H groups in total. The van der Waals surface area contributed by atoms with Gasteiger partial charge in [-0.1, -0.05) is 42.5 Å². The minimum atomic E-state index is 0.0801. The quantitative estimate of drug-likeness (QED) is 0.825. The molecule has 0 aliphatic heterocycles. The van der Waals surface area contributed by atoms with Gasteiger partial charge in [0.15, 0.2) is 0 Å². The summed E-state index contributed by atoms with van der Waals surface area (Å²) < 4.78 is 0. The Hall–Kier alpha value is -0.240. The van der Waals surface area contributed by atoms with Crippen molar-refractivity contribution < 1.29 is 0 Å². The molecule has 0 amide bonds. The summed E-state index contributed by atoms with van der Waals surface area (Å²) in [6.07, 6.45) is 6.40. The predicted molar refractivity (Wildman–Crippen MR) is 70.0 cm³/mol. The van der Waals surface area contributed by atoms with E-state index < -0.39 is 0 Å². The third-order valence-electron chi connectivity index (χ3n) is 3.43. The van der Waals surface area contributed by atoms with Crippen LogP contribution in [-0.2, 0) is 0 Å². The van der Waals surface area contributed by atoms with Gasteiger partial charge >= 0.3 is 0 Å². The Bertz CT molecular complexity index is 339. The van der Waals surface area contributed by atoms with Gasteiger partial charge < -0.3 is 5.73 Å². The highest BCUT2D eigenvalue weighted by Crippen LogP contribution is 2.34. The van der Waals surface area contributed by atoms with Crippen LogP contribution < -0.4 is 5.73 Å². The van der Waals surface area contributed by atoms with E-state index in [0.29, 0.717) is 16.0 Å². The Morgan fingerprint density at radius 1 is 1.00 bits per heavy atom. The zero-order valence-corrected chi connectivity index (χ0v) is 10.8. The maximum atomic E-state index is 6.29. The van der Waals surface area contributed by atoms with Gasteiger partial charge in [0.05, 0.1) is 0 Å². The van der Waals surface area contributed by atoms with Crippen LogP contribution in [0.3, 0.4) is 0 Å². The van der Waals surface area contributed by atoms with Crippen molar-refractivity contribution in [1.82, 2.24) is 0 Å². The van der Waals surface area contributed by atoms with E-state index in [1.54, 1.807) is 6.07 Å². The Kier molecular flexibility index (Phi) is 4.12. The molecule has 16 heavy (non-hydrogen) atoms. The molecule has 1 aromatic rings. The van der Waals surface area contributed by atoms with Crippen molar-refractivity contribution >= 4 is 23.2 Å². The maximum Gasteiger partial charge on any atom is 0.0424 e. The second-order valence-electron chi connectivity index (χ2n) is 4.63. The second kappa shape index (κ2) is 5.39. The first-order valence-corrected chi connectivity index (χ1v) is 6.64. The fourth-order valence-electron chi connectivity index (χ4n) is 2.53. The van der Waals surface area contributed by atoms with Gasteiger partial charge in [-0.2, -0.15) is 0 Å². The molecule has 3 heteroatoms. The fraction of sp³-hybridized carbons (Fsp3) is 0.538. The largest absolute Gasteiger partial charge is 0.324 e. The highest BCUT2D eigenvalue weighted by Gasteiger charge is 2.22. The molecule has 0 radical (unpaired) electrons. The van der Waals surface area contributed by atoms with Crippen molar-refractivity contribution in [3.8, 4) is 0 Å². The Morgan fingerprint density at radius 2 is 1.56 bits per heavy atom. The van der Waals surface area contributed by atoms with E-state index >= 15 is 0 Å². The summed E-state index contributed by atoms with van der Waals surface area (Å²) in [6.45, 7) is 0. The average Bonchev–Trinajstić information content (AvgIpc) is 2.28. The van der Waals surface area contributed by atoms with E-state index in [1.165, 1.54) is 32.1 Å². The zero-order chi connectivity index (χ0) is 11.5. The fourth-order valence-corrected chi connectivity index (χ4v) is 3.08. The molecule has 2 rings (SSSR count). The SMILES string of the molecule is NC(c1cc(Cl)cc(Cl)c1)C1CCCCC1. The van der Waals surface area contributed by atoms with E-state index in [4.69, 9.17) is 28.9 Å². The molecule has 1 nitrogen and oxygen atoms in total. The lowest BCUT2D eigenvalue weighted by Crippen LogP contribution is -2.23. The summed E-state index contributed by atoms with van der Waals surface area (Å²) >= 11 is 12.0. The highest BCUT2D eigenvalue weighted by molar-refractivity contribution is 6.34. The molecule has 1 aliphatic carbocycles. The van der Waals surface area contributed by atoms with Gasteiger partial charge in [0.2, 0.25) is 0 Å². The number of halogens is 2. The van der Waals surface area contributed by atoms with Gasteiger partial charge in [-0.3, -0.25) is 0 Å². The Labute approximate surface area is 107 Å². The summed E-state index contributed by atoms with van der Waals surface area (Å²) in [6, 6.07) is 5.70. The summed E-state index contributed by atoms with van der Waals surface area (Å²) in [5.41, 5.74) is 7.36. The van der Waals surface area contributed by atoms with Crippen LogP contribution in [0.1, 0.15) is 43.7 Å². The van der Waals surface area contributed by atoms with Crippen LogP contribution in [0.25, 0.3) is 0 Å². The third kappa shape index (κ3) is 2.91. The second-order valence-corrected chi connectivity index (χ2v) is 5.50. The first kappa shape index (κ1) is 12.2. The monoisotopic (exact) mass is 257 g/mol. The van der Waals surface area contributed by atoms with Crippen LogP contribution in [0.2, 0.25) is 10.0 Å². The van der Waals surface area contributed by atoms with Crippen LogP contribution >= 0.6 is 23.2 Å². The molecule has 1 atom stereocenters. The summed E-state index contributed by atoms with van der Waals surface area (Å²) in [5.74, 6) is 0.586. The van der Waals surface area contributed by atoms with Gasteiger partial charge in [0.1, 0.15) is 0 Å². The van der Waals surface area contributed by atoms with Gasteiger partial charge in [0, 0.05) is 16.1 Å². The van der Waals surface area contributed by atoms with Crippen LogP contribution in [0, 0.1) is 5.92 Å². The van der Waals surface area contributed by atoms with Gasteiger partial charge in [-0.25, -0.2) is 0 Å². The van der Waals surface area contributed by atoms with Crippen LogP contribution in [0.4, 0.5) is 0 Å². The van der Waals surface area contributed by atoms with Crippen molar-refractivity contribution in [3.05, 3.63) is 33.8 Å². The predicted octanol–water partition coefficient (Wildman–Crippen LogP) is 4.57. The van der Waals surface area contributed by atoms with Crippen LogP contribution in [-0.4, -0.2) is 0 Å². The minimum absolute atomic E-state index is 0.0801. The van der Waals surface area contributed by atoms with E-state index in [9.17, 15) is 0 Å². The zero-order valence-electron chi connectivity index (χ0n) is 9.26. The van der Waals surface area contributed by atoms with Crippen molar-refractivity contribution in [3.63, 3.8) is 0 Å². The molecule has 1 saturated carbocycles. The van der Waals surface area contributed by atoms with E-state index in [-0.39, 0.29) is 6.04 Å². The third-order valence-corrected chi connectivity index (χ3v) is 3.86. The van der Waals surface area contributed by atoms with Gasteiger partial charge in [-0.15, -0.1) is 0 Å². The lowest BCUT2D eigenvalue weighted by Gasteiger charge is -2.28. The smallest absolute Gasteiger partial charge is 0.0424 e. The number of hydrogen-bond acceptors (Lipinski definition) is 1. The highest BCUT2D eigenvalue weighted by atomic mass is 35.5. The molecule has 1 aliphatic rings. The Balaban J connectivity index is 2.15. The molecule has 0 bridgehead atoms. The summed E-state index contributed by atoms with van der Waals surface area (Å²) in [7, 11) is 0. The molecule has 0 aromatic heterocycles. The first-order valence-electron chi connectivity index (χ1n) is 5.88. The van der Waals surface area contributed by atoms with Gasteiger partial charge in [-0.05, 0) is 42.5 Å². The van der Waals surface area contributed by atoms with Crippen LogP contribution in [0.15, 0.2) is 18.2 Å². The van der Waals surface area contributed by atoms with Gasteiger partial charge in [0.25, 0.3) is 0 Å².